The molecule has 1 heterocycles. The average Bonchev–Trinajstić information content (AvgIpc) is 2.83. The molecule has 0 unspecified atom stereocenters. The number of halogens is 2. The quantitative estimate of drug-likeness (QED) is 0.892. The Morgan fingerprint density at radius 3 is 2.79 bits per heavy atom. The lowest BCUT2D eigenvalue weighted by Gasteiger charge is -2.04. The van der Waals surface area contributed by atoms with Crippen molar-refractivity contribution in [3.05, 3.63) is 56.5 Å². The largest absolute Gasteiger partial charge is 0.366 e. The van der Waals surface area contributed by atoms with Gasteiger partial charge in [0.05, 0.1) is 10.6 Å². The van der Waals surface area contributed by atoms with E-state index in [1.807, 2.05) is 0 Å². The van der Waals surface area contributed by atoms with Crippen molar-refractivity contribution in [3.8, 4) is 0 Å². The fraction of sp³-hybridized carbons (Fsp3) is 0.154. The highest BCUT2D eigenvalue weighted by molar-refractivity contribution is 7.10. The van der Waals surface area contributed by atoms with Crippen molar-refractivity contribution in [2.24, 2.45) is 5.73 Å². The molecule has 3 nitrogen and oxygen atoms in total. The number of rotatable bonds is 5. The number of benzene rings is 1. The van der Waals surface area contributed by atoms with Crippen molar-refractivity contribution in [3.63, 3.8) is 0 Å². The number of nitrogens with two attached hydrogens (primary N) is 1. The van der Waals surface area contributed by atoms with Crippen molar-refractivity contribution in [1.29, 1.82) is 0 Å². The molecule has 0 saturated heterocycles. The second kappa shape index (κ2) is 6.14. The lowest BCUT2D eigenvalue weighted by molar-refractivity contribution is 0.100. The summed E-state index contributed by atoms with van der Waals surface area (Å²) in [7, 11) is 0. The van der Waals surface area contributed by atoms with Crippen molar-refractivity contribution in [2.75, 3.05) is 0 Å². The van der Waals surface area contributed by atoms with Crippen molar-refractivity contribution < 1.29 is 9.18 Å². The number of carbonyl (C=O) groups excluding carboxylic acids is 1. The monoisotopic (exact) mass is 298 g/mol. The van der Waals surface area contributed by atoms with Crippen molar-refractivity contribution in [1.82, 2.24) is 5.32 Å². The first kappa shape index (κ1) is 14.0. The van der Waals surface area contributed by atoms with Crippen LogP contribution in [0, 0.1) is 5.82 Å². The van der Waals surface area contributed by atoms with Gasteiger partial charge in [-0.05, 0) is 23.8 Å². The first-order valence-corrected chi connectivity index (χ1v) is 6.84. The third kappa shape index (κ3) is 3.76. The molecule has 2 rings (SSSR count). The Balaban J connectivity index is 1.88. The lowest BCUT2D eigenvalue weighted by atomic mass is 10.2. The fourth-order valence-electron chi connectivity index (χ4n) is 1.58. The van der Waals surface area contributed by atoms with Crippen LogP contribution >= 0.6 is 22.9 Å². The normalized spacial score (nSPS) is 10.6. The lowest BCUT2D eigenvalue weighted by Crippen LogP contribution is -2.12. The van der Waals surface area contributed by atoms with Crippen LogP contribution in [0.1, 0.15) is 20.8 Å². The van der Waals surface area contributed by atoms with Gasteiger partial charge in [0.2, 0.25) is 5.91 Å². The number of nitrogens with one attached hydrogen (secondary N) is 1. The fourth-order valence-corrected chi connectivity index (χ4v) is 2.63. The van der Waals surface area contributed by atoms with Crippen LogP contribution in [0.25, 0.3) is 0 Å². The molecule has 100 valence electrons. The molecule has 1 aromatic carbocycles. The molecule has 1 aromatic heterocycles. The first-order valence-electron chi connectivity index (χ1n) is 5.58. The van der Waals surface area contributed by atoms with Crippen LogP contribution in [-0.4, -0.2) is 5.91 Å². The zero-order chi connectivity index (χ0) is 13.8. The third-order valence-corrected chi connectivity index (χ3v) is 3.78. The molecule has 0 spiro atoms. The molecule has 0 saturated carbocycles. The minimum absolute atomic E-state index is 0.117. The Bertz CT molecular complexity index is 600. The maximum Gasteiger partial charge on any atom is 0.249 e. The van der Waals surface area contributed by atoms with Gasteiger partial charge < -0.3 is 11.1 Å². The van der Waals surface area contributed by atoms with Gasteiger partial charge in [0.1, 0.15) is 5.82 Å². The van der Waals surface area contributed by atoms with Gasteiger partial charge in [-0.1, -0.05) is 17.7 Å². The SMILES string of the molecule is NC(=O)c1csc(CNCc2ccc(F)c(Cl)c2)c1. The van der Waals surface area contributed by atoms with Gasteiger partial charge in [0.25, 0.3) is 0 Å². The number of primary amides is 1. The molecule has 0 aliphatic rings. The van der Waals surface area contributed by atoms with E-state index in [4.69, 9.17) is 17.3 Å². The van der Waals surface area contributed by atoms with Crippen LogP contribution < -0.4 is 11.1 Å². The molecule has 0 atom stereocenters. The van der Waals surface area contributed by atoms with E-state index in [1.54, 1.807) is 23.6 Å². The van der Waals surface area contributed by atoms with Gasteiger partial charge in [-0.15, -0.1) is 11.3 Å². The van der Waals surface area contributed by atoms with E-state index in [-0.39, 0.29) is 5.02 Å². The molecule has 6 heteroatoms. The maximum atomic E-state index is 13.0. The van der Waals surface area contributed by atoms with E-state index in [2.05, 4.69) is 5.32 Å². The van der Waals surface area contributed by atoms with E-state index < -0.39 is 11.7 Å². The summed E-state index contributed by atoms with van der Waals surface area (Å²) >= 11 is 7.17. The van der Waals surface area contributed by atoms with E-state index >= 15 is 0 Å². The van der Waals surface area contributed by atoms with Crippen molar-refractivity contribution >= 4 is 28.8 Å². The Hall–Kier alpha value is -1.43. The minimum atomic E-state index is -0.423. The highest BCUT2D eigenvalue weighted by Crippen LogP contribution is 2.17. The predicted molar refractivity (Wildman–Crippen MR) is 74.8 cm³/mol. The summed E-state index contributed by atoms with van der Waals surface area (Å²) in [5, 5.41) is 5.04. The molecule has 1 amide bonds. The summed E-state index contributed by atoms with van der Waals surface area (Å²) in [6.45, 7) is 1.19. The smallest absolute Gasteiger partial charge is 0.249 e. The van der Waals surface area contributed by atoms with Gasteiger partial charge in [-0.25, -0.2) is 4.39 Å². The van der Waals surface area contributed by atoms with Gasteiger partial charge >= 0.3 is 0 Å². The molecule has 0 aliphatic carbocycles. The zero-order valence-corrected chi connectivity index (χ0v) is 11.5. The highest BCUT2D eigenvalue weighted by Gasteiger charge is 2.05. The first-order chi connectivity index (χ1) is 9.06. The maximum absolute atomic E-state index is 13.0. The van der Waals surface area contributed by atoms with E-state index in [1.165, 1.54) is 17.4 Å². The summed E-state index contributed by atoms with van der Waals surface area (Å²) in [5.74, 6) is -0.845. The van der Waals surface area contributed by atoms with Gasteiger partial charge in [-0.3, -0.25) is 4.79 Å². The number of hydrogen-bond acceptors (Lipinski definition) is 3. The number of carbonyl (C=O) groups is 1. The van der Waals surface area contributed by atoms with Crippen LogP contribution in [0.3, 0.4) is 0 Å². The van der Waals surface area contributed by atoms with Crippen LogP contribution in [-0.2, 0) is 13.1 Å². The predicted octanol–water partition coefficient (Wildman–Crippen LogP) is 2.93. The van der Waals surface area contributed by atoms with Gasteiger partial charge in [0.15, 0.2) is 0 Å². The molecule has 2 aromatic rings. The molecule has 3 N–H and O–H groups in total. The Labute approximate surface area is 119 Å². The second-order valence-corrected chi connectivity index (χ2v) is 5.42. The molecular weight excluding hydrogens is 287 g/mol. The summed E-state index contributed by atoms with van der Waals surface area (Å²) < 4.78 is 13.0. The summed E-state index contributed by atoms with van der Waals surface area (Å²) in [6.07, 6.45) is 0. The molecular formula is C13H12ClFN2OS. The van der Waals surface area contributed by atoms with E-state index in [0.717, 1.165) is 10.4 Å². The highest BCUT2D eigenvalue weighted by atomic mass is 35.5. The molecule has 19 heavy (non-hydrogen) atoms. The third-order valence-electron chi connectivity index (χ3n) is 2.55. The Morgan fingerprint density at radius 1 is 1.37 bits per heavy atom. The Kier molecular flexibility index (Phi) is 4.52. The number of hydrogen-bond donors (Lipinski definition) is 2. The van der Waals surface area contributed by atoms with Crippen LogP contribution in [0.5, 0.6) is 0 Å². The topological polar surface area (TPSA) is 55.1 Å². The summed E-state index contributed by atoms with van der Waals surface area (Å²) in [5.41, 5.74) is 6.60. The molecule has 0 fully saturated rings. The van der Waals surface area contributed by atoms with E-state index in [9.17, 15) is 9.18 Å². The average molecular weight is 299 g/mol. The van der Waals surface area contributed by atoms with Crippen molar-refractivity contribution in [2.45, 2.75) is 13.1 Å². The summed E-state index contributed by atoms with van der Waals surface area (Å²) in [6, 6.07) is 6.37. The molecule has 0 bridgehead atoms. The van der Waals surface area contributed by atoms with Crippen LogP contribution in [0.4, 0.5) is 4.39 Å². The van der Waals surface area contributed by atoms with E-state index in [0.29, 0.717) is 18.7 Å². The van der Waals surface area contributed by atoms with Crippen LogP contribution in [0.15, 0.2) is 29.6 Å². The van der Waals surface area contributed by atoms with Gasteiger partial charge in [-0.2, -0.15) is 0 Å². The standard InChI is InChI=1S/C13H12ClFN2OS/c14-11-3-8(1-2-12(11)15)5-17-6-10-4-9(7-19-10)13(16)18/h1-4,7,17H,5-6H2,(H2,16,18). The molecule has 0 radical (unpaired) electrons. The number of thiophene rings is 1. The van der Waals surface area contributed by atoms with Crippen LogP contribution in [0.2, 0.25) is 5.02 Å². The number of amides is 1. The van der Waals surface area contributed by atoms with Gasteiger partial charge in [0, 0.05) is 23.3 Å². The Morgan fingerprint density at radius 2 is 2.16 bits per heavy atom. The molecule has 0 aliphatic heterocycles. The zero-order valence-electron chi connectivity index (χ0n) is 9.95. The second-order valence-electron chi connectivity index (χ2n) is 4.02. The minimum Gasteiger partial charge on any atom is -0.366 e. The summed E-state index contributed by atoms with van der Waals surface area (Å²) in [4.78, 5) is 12.0.